The van der Waals surface area contributed by atoms with Crippen molar-refractivity contribution in [3.05, 3.63) is 64.5 Å². The van der Waals surface area contributed by atoms with Gasteiger partial charge < -0.3 is 14.1 Å². The monoisotopic (exact) mass is 307 g/mol. The van der Waals surface area contributed by atoms with Crippen LogP contribution in [0.4, 0.5) is 11.4 Å². The van der Waals surface area contributed by atoms with Gasteiger partial charge in [0.1, 0.15) is 11.3 Å². The number of hydrogen-bond acceptors (Lipinski definition) is 4. The molecule has 0 aliphatic carbocycles. The van der Waals surface area contributed by atoms with E-state index in [2.05, 4.69) is 11.8 Å². The van der Waals surface area contributed by atoms with Gasteiger partial charge in [-0.2, -0.15) is 0 Å². The molecule has 1 aliphatic rings. The highest BCUT2D eigenvalue weighted by Crippen LogP contribution is 2.43. The molecule has 2 heterocycles. The fourth-order valence-electron chi connectivity index (χ4n) is 3.33. The predicted octanol–water partition coefficient (Wildman–Crippen LogP) is 4.06. The molecule has 0 saturated heterocycles. The van der Waals surface area contributed by atoms with Crippen LogP contribution in [-0.4, -0.2) is 13.7 Å². The van der Waals surface area contributed by atoms with Crippen LogP contribution in [0.15, 0.2) is 57.7 Å². The average Bonchev–Trinajstić information content (AvgIpc) is 2.93. The quantitative estimate of drug-likeness (QED) is 0.670. The summed E-state index contributed by atoms with van der Waals surface area (Å²) in [5.41, 5.74) is 3.17. The Hall–Kier alpha value is -2.75. The lowest BCUT2D eigenvalue weighted by molar-refractivity contribution is 0.415. The van der Waals surface area contributed by atoms with Crippen molar-refractivity contribution in [3.8, 4) is 5.75 Å². The molecular weight excluding hydrogens is 290 g/mol. The first-order valence-corrected chi connectivity index (χ1v) is 7.66. The van der Waals surface area contributed by atoms with Crippen molar-refractivity contribution >= 4 is 22.3 Å². The number of fused-ring (bicyclic) bond motifs is 3. The number of nitrogens with zero attached hydrogens (tertiary/aromatic N) is 1. The van der Waals surface area contributed by atoms with E-state index in [4.69, 9.17) is 9.15 Å². The number of methoxy groups -OCH3 is 1. The van der Waals surface area contributed by atoms with Crippen molar-refractivity contribution < 1.29 is 9.15 Å². The summed E-state index contributed by atoms with van der Waals surface area (Å²) in [6.07, 6.45) is 0. The normalized spacial score (nSPS) is 16.6. The Morgan fingerprint density at radius 2 is 1.87 bits per heavy atom. The molecule has 0 fully saturated rings. The average molecular weight is 307 g/mol. The first-order valence-electron chi connectivity index (χ1n) is 7.66. The van der Waals surface area contributed by atoms with Crippen LogP contribution in [0.5, 0.6) is 5.75 Å². The van der Waals surface area contributed by atoms with Crippen LogP contribution >= 0.6 is 0 Å². The Morgan fingerprint density at radius 3 is 2.61 bits per heavy atom. The molecule has 0 radical (unpaired) electrons. The Labute approximate surface area is 133 Å². The fourth-order valence-corrected chi connectivity index (χ4v) is 3.33. The summed E-state index contributed by atoms with van der Waals surface area (Å²) >= 11 is 0. The third-order valence-electron chi connectivity index (χ3n) is 4.42. The second-order valence-electron chi connectivity index (χ2n) is 5.86. The molecule has 0 saturated carbocycles. The highest BCUT2D eigenvalue weighted by atomic mass is 16.5. The van der Waals surface area contributed by atoms with Crippen molar-refractivity contribution in [2.24, 2.45) is 0 Å². The molecular formula is C19H17NO3. The molecule has 0 bridgehead atoms. The molecule has 116 valence electrons. The summed E-state index contributed by atoms with van der Waals surface area (Å²) in [6, 6.07) is 15.6. The molecule has 2 aromatic carbocycles. The van der Waals surface area contributed by atoms with E-state index < -0.39 is 0 Å². The zero-order valence-corrected chi connectivity index (χ0v) is 13.1. The molecule has 23 heavy (non-hydrogen) atoms. The van der Waals surface area contributed by atoms with E-state index in [1.165, 1.54) is 0 Å². The van der Waals surface area contributed by atoms with Crippen LogP contribution in [0.2, 0.25) is 0 Å². The van der Waals surface area contributed by atoms with Gasteiger partial charge in [-0.15, -0.1) is 0 Å². The van der Waals surface area contributed by atoms with Crippen LogP contribution in [0.3, 0.4) is 0 Å². The Kier molecular flexibility index (Phi) is 3.11. The summed E-state index contributed by atoms with van der Waals surface area (Å²) < 4.78 is 10.7. The van der Waals surface area contributed by atoms with Gasteiger partial charge in [-0.3, -0.25) is 0 Å². The fraction of sp³-hybridized carbons (Fsp3) is 0.211. The van der Waals surface area contributed by atoms with E-state index >= 15 is 0 Å². The topological polar surface area (TPSA) is 42.7 Å². The summed E-state index contributed by atoms with van der Waals surface area (Å²) in [7, 11) is 1.65. The molecule has 4 heteroatoms. The third-order valence-corrected chi connectivity index (χ3v) is 4.42. The lowest BCUT2D eigenvalue weighted by atomic mass is 10.0. The van der Waals surface area contributed by atoms with E-state index in [9.17, 15) is 4.79 Å². The van der Waals surface area contributed by atoms with Crippen LogP contribution in [0, 0.1) is 0 Å². The first kappa shape index (κ1) is 13.9. The highest BCUT2D eigenvalue weighted by molar-refractivity contribution is 5.95. The summed E-state index contributed by atoms with van der Waals surface area (Å²) in [4.78, 5) is 14.6. The standard InChI is InChI=1S/C19H17NO3/c1-12-11-20(13-7-9-14(22-2)10-8-13)18-15-5-3-4-6-16(15)23-19(21)17(12)18/h3-10,12H,11H2,1-2H3. The van der Waals surface area contributed by atoms with Crippen LogP contribution < -0.4 is 15.3 Å². The first-order chi connectivity index (χ1) is 11.2. The van der Waals surface area contributed by atoms with Crippen molar-refractivity contribution in [2.45, 2.75) is 12.8 Å². The molecule has 0 N–H and O–H groups in total. The smallest absolute Gasteiger partial charge is 0.341 e. The Bertz CT molecular complexity index is 927. The highest BCUT2D eigenvalue weighted by Gasteiger charge is 2.32. The molecule has 0 spiro atoms. The zero-order chi connectivity index (χ0) is 16.0. The number of para-hydroxylation sites is 1. The SMILES string of the molecule is COc1ccc(N2CC(C)c3c2c2ccccc2oc3=O)cc1. The van der Waals surface area contributed by atoms with Gasteiger partial charge in [-0.25, -0.2) is 4.79 Å². The van der Waals surface area contributed by atoms with Crippen molar-refractivity contribution in [3.63, 3.8) is 0 Å². The van der Waals surface area contributed by atoms with Crippen molar-refractivity contribution in [1.82, 2.24) is 0 Å². The maximum atomic E-state index is 12.4. The van der Waals surface area contributed by atoms with Crippen LogP contribution in [0.25, 0.3) is 11.0 Å². The Balaban J connectivity index is 1.95. The second kappa shape index (κ2) is 5.16. The lowest BCUT2D eigenvalue weighted by Gasteiger charge is -2.21. The van der Waals surface area contributed by atoms with Gasteiger partial charge in [0, 0.05) is 23.5 Å². The van der Waals surface area contributed by atoms with E-state index in [0.29, 0.717) is 5.58 Å². The summed E-state index contributed by atoms with van der Waals surface area (Å²) in [6.45, 7) is 2.83. The molecule has 3 aromatic rings. The molecule has 4 rings (SSSR count). The van der Waals surface area contributed by atoms with Gasteiger partial charge in [0.2, 0.25) is 0 Å². The molecule has 1 atom stereocenters. The van der Waals surface area contributed by atoms with E-state index in [1.54, 1.807) is 7.11 Å². The second-order valence-corrected chi connectivity index (χ2v) is 5.86. The minimum atomic E-state index is -0.234. The summed E-state index contributed by atoms with van der Waals surface area (Å²) in [5.74, 6) is 0.951. The third kappa shape index (κ3) is 2.10. The lowest BCUT2D eigenvalue weighted by Crippen LogP contribution is -2.14. The maximum Gasteiger partial charge on any atom is 0.341 e. The largest absolute Gasteiger partial charge is 0.497 e. The van der Waals surface area contributed by atoms with E-state index in [-0.39, 0.29) is 11.5 Å². The van der Waals surface area contributed by atoms with E-state index in [0.717, 1.165) is 34.6 Å². The van der Waals surface area contributed by atoms with Gasteiger partial charge >= 0.3 is 5.63 Å². The number of anilines is 2. The molecule has 1 unspecified atom stereocenters. The van der Waals surface area contributed by atoms with Crippen molar-refractivity contribution in [2.75, 3.05) is 18.6 Å². The van der Waals surface area contributed by atoms with Crippen LogP contribution in [-0.2, 0) is 0 Å². The number of benzene rings is 2. The molecule has 4 nitrogen and oxygen atoms in total. The van der Waals surface area contributed by atoms with Crippen molar-refractivity contribution in [1.29, 1.82) is 0 Å². The number of ether oxygens (including phenoxy) is 1. The predicted molar refractivity (Wildman–Crippen MR) is 90.9 cm³/mol. The summed E-state index contributed by atoms with van der Waals surface area (Å²) in [5, 5.41) is 0.974. The minimum Gasteiger partial charge on any atom is -0.497 e. The van der Waals surface area contributed by atoms with Gasteiger partial charge in [0.25, 0.3) is 0 Å². The zero-order valence-electron chi connectivity index (χ0n) is 13.1. The molecule has 0 amide bonds. The van der Waals surface area contributed by atoms with Gasteiger partial charge in [-0.05, 0) is 36.4 Å². The Morgan fingerprint density at radius 1 is 1.13 bits per heavy atom. The van der Waals surface area contributed by atoms with Crippen LogP contribution in [0.1, 0.15) is 18.4 Å². The van der Waals surface area contributed by atoms with Gasteiger partial charge in [-0.1, -0.05) is 19.1 Å². The molecule has 1 aromatic heterocycles. The maximum absolute atomic E-state index is 12.4. The van der Waals surface area contributed by atoms with Gasteiger partial charge in [0.15, 0.2) is 0 Å². The van der Waals surface area contributed by atoms with E-state index in [1.807, 2.05) is 48.5 Å². The molecule has 1 aliphatic heterocycles. The van der Waals surface area contributed by atoms with Gasteiger partial charge in [0.05, 0.1) is 18.4 Å². The minimum absolute atomic E-state index is 0.132. The number of rotatable bonds is 2. The number of hydrogen-bond donors (Lipinski definition) is 0.